The minimum Gasteiger partial charge on any atom is -0.381 e. The van der Waals surface area contributed by atoms with E-state index in [-0.39, 0.29) is 0 Å². The maximum Gasteiger partial charge on any atom is 0.255 e. The lowest BCUT2D eigenvalue weighted by molar-refractivity contribution is -0.130. The molecule has 0 spiro atoms. The van der Waals surface area contributed by atoms with Crippen molar-refractivity contribution >= 4 is 17.3 Å². The van der Waals surface area contributed by atoms with Crippen LogP contribution in [0.2, 0.25) is 0 Å². The van der Waals surface area contributed by atoms with Gasteiger partial charge in [-0.15, -0.1) is 0 Å². The highest BCUT2D eigenvalue weighted by Crippen LogP contribution is 2.16. The number of aliphatic hydroxyl groups is 1. The Hall–Kier alpha value is -1.55. The van der Waals surface area contributed by atoms with E-state index in [2.05, 4.69) is 5.32 Å². The van der Waals surface area contributed by atoms with Crippen LogP contribution < -0.4 is 10.2 Å². The van der Waals surface area contributed by atoms with Gasteiger partial charge in [0.05, 0.1) is 0 Å². The summed E-state index contributed by atoms with van der Waals surface area (Å²) in [5.41, 5.74) is 0.374. The number of nitrogens with zero attached hydrogens (tertiary/aromatic N) is 1. The summed E-state index contributed by atoms with van der Waals surface area (Å²) in [5.74, 6) is -0.412. The lowest BCUT2D eigenvalue weighted by Crippen LogP contribution is -2.36. The largest absolute Gasteiger partial charge is 0.381 e. The predicted octanol–water partition coefficient (Wildman–Crippen LogP) is 1.46. The summed E-state index contributed by atoms with van der Waals surface area (Å²) in [4.78, 5) is 13.5. The highest BCUT2D eigenvalue weighted by Gasteiger charge is 2.23. The molecule has 1 aromatic rings. The Morgan fingerprint density at radius 2 is 1.75 bits per heavy atom. The third-order valence-corrected chi connectivity index (χ3v) is 2.20. The standard InChI is InChI=1S/C12H18N2O2/c1-12(2,16)11(15)13-9-5-7-10(8-6-9)14(3)4/h5-8,16H,1-4H3,(H,13,15). The van der Waals surface area contributed by atoms with E-state index in [9.17, 15) is 9.90 Å². The molecule has 0 fully saturated rings. The Bertz CT molecular complexity index is 364. The van der Waals surface area contributed by atoms with Gasteiger partial charge in [-0.3, -0.25) is 4.79 Å². The van der Waals surface area contributed by atoms with Crippen molar-refractivity contribution in [3.8, 4) is 0 Å². The number of hydrogen-bond donors (Lipinski definition) is 2. The van der Waals surface area contributed by atoms with E-state index < -0.39 is 11.5 Å². The highest BCUT2D eigenvalue weighted by molar-refractivity contribution is 5.96. The number of rotatable bonds is 3. The first kappa shape index (κ1) is 12.5. The summed E-state index contributed by atoms with van der Waals surface area (Å²) in [6.07, 6.45) is 0. The molecule has 1 amide bonds. The second-order valence-corrected chi connectivity index (χ2v) is 4.45. The molecule has 88 valence electrons. The molecule has 0 atom stereocenters. The van der Waals surface area contributed by atoms with Crippen LogP contribution in [-0.2, 0) is 4.79 Å². The second kappa shape index (κ2) is 4.53. The fourth-order valence-corrected chi connectivity index (χ4v) is 1.13. The van der Waals surface area contributed by atoms with Crippen molar-refractivity contribution in [1.29, 1.82) is 0 Å². The van der Waals surface area contributed by atoms with Crippen molar-refractivity contribution in [3.05, 3.63) is 24.3 Å². The van der Waals surface area contributed by atoms with Crippen molar-refractivity contribution in [1.82, 2.24) is 0 Å². The first-order valence-corrected chi connectivity index (χ1v) is 5.12. The summed E-state index contributed by atoms with van der Waals surface area (Å²) in [7, 11) is 3.90. The molecule has 0 aliphatic rings. The predicted molar refractivity (Wildman–Crippen MR) is 65.7 cm³/mol. The van der Waals surface area contributed by atoms with Crippen LogP contribution in [0.1, 0.15) is 13.8 Å². The van der Waals surface area contributed by atoms with Crippen molar-refractivity contribution < 1.29 is 9.90 Å². The highest BCUT2D eigenvalue weighted by atomic mass is 16.3. The van der Waals surface area contributed by atoms with Crippen LogP contribution in [0.5, 0.6) is 0 Å². The maximum absolute atomic E-state index is 11.5. The maximum atomic E-state index is 11.5. The summed E-state index contributed by atoms with van der Waals surface area (Å²) in [5, 5.41) is 12.1. The van der Waals surface area contributed by atoms with E-state index in [1.165, 1.54) is 13.8 Å². The van der Waals surface area contributed by atoms with Gasteiger partial charge >= 0.3 is 0 Å². The SMILES string of the molecule is CN(C)c1ccc(NC(=O)C(C)(C)O)cc1. The smallest absolute Gasteiger partial charge is 0.255 e. The molecular weight excluding hydrogens is 204 g/mol. The molecule has 1 aromatic carbocycles. The van der Waals surface area contributed by atoms with Crippen molar-refractivity contribution in [2.45, 2.75) is 19.4 Å². The molecule has 0 aromatic heterocycles. The molecule has 0 unspecified atom stereocenters. The third-order valence-electron chi connectivity index (χ3n) is 2.20. The molecule has 4 heteroatoms. The lowest BCUT2D eigenvalue weighted by atomic mass is 10.1. The summed E-state index contributed by atoms with van der Waals surface area (Å²) < 4.78 is 0. The lowest BCUT2D eigenvalue weighted by Gasteiger charge is -2.17. The van der Waals surface area contributed by atoms with Crippen molar-refractivity contribution in [2.24, 2.45) is 0 Å². The van der Waals surface area contributed by atoms with E-state index in [0.29, 0.717) is 5.69 Å². The molecule has 0 aliphatic carbocycles. The number of carbonyl (C=O) groups excluding carboxylic acids is 1. The van der Waals surface area contributed by atoms with E-state index >= 15 is 0 Å². The van der Waals surface area contributed by atoms with Gasteiger partial charge in [-0.25, -0.2) is 0 Å². The average Bonchev–Trinajstić information content (AvgIpc) is 2.17. The molecule has 1 rings (SSSR count). The molecule has 0 saturated carbocycles. The van der Waals surface area contributed by atoms with Gasteiger partial charge in [-0.05, 0) is 38.1 Å². The number of carbonyl (C=O) groups is 1. The molecule has 0 bridgehead atoms. The van der Waals surface area contributed by atoms with E-state index in [4.69, 9.17) is 0 Å². The summed E-state index contributed by atoms with van der Waals surface area (Å²) in [6.45, 7) is 2.91. The van der Waals surface area contributed by atoms with Crippen LogP contribution in [0, 0.1) is 0 Å². The van der Waals surface area contributed by atoms with E-state index in [0.717, 1.165) is 5.69 Å². The van der Waals surface area contributed by atoms with Gasteiger partial charge < -0.3 is 15.3 Å². The molecule has 0 radical (unpaired) electrons. The molecule has 0 aliphatic heterocycles. The van der Waals surface area contributed by atoms with Crippen LogP contribution in [0.4, 0.5) is 11.4 Å². The Kier molecular flexibility index (Phi) is 3.55. The Balaban J connectivity index is 2.73. The van der Waals surface area contributed by atoms with E-state index in [1.54, 1.807) is 12.1 Å². The molecule has 2 N–H and O–H groups in total. The van der Waals surface area contributed by atoms with Crippen LogP contribution in [0.25, 0.3) is 0 Å². The minimum atomic E-state index is -1.36. The normalized spacial score (nSPS) is 11.1. The van der Waals surface area contributed by atoms with Gasteiger partial charge in [-0.2, -0.15) is 0 Å². The number of benzene rings is 1. The zero-order valence-corrected chi connectivity index (χ0v) is 10.1. The van der Waals surface area contributed by atoms with Gasteiger partial charge in [0.2, 0.25) is 0 Å². The van der Waals surface area contributed by atoms with Crippen molar-refractivity contribution in [2.75, 3.05) is 24.3 Å². The first-order chi connectivity index (χ1) is 7.30. The third kappa shape index (κ3) is 3.24. The second-order valence-electron chi connectivity index (χ2n) is 4.45. The van der Waals surface area contributed by atoms with Crippen LogP contribution in [-0.4, -0.2) is 30.7 Å². The Morgan fingerprint density at radius 3 is 2.12 bits per heavy atom. The zero-order chi connectivity index (χ0) is 12.3. The average molecular weight is 222 g/mol. The van der Waals surface area contributed by atoms with Crippen LogP contribution >= 0.6 is 0 Å². The molecular formula is C12H18N2O2. The molecule has 0 saturated heterocycles. The van der Waals surface area contributed by atoms with Gasteiger partial charge in [-0.1, -0.05) is 0 Å². The van der Waals surface area contributed by atoms with Gasteiger partial charge in [0.15, 0.2) is 0 Å². The summed E-state index contributed by atoms with van der Waals surface area (Å²) >= 11 is 0. The number of anilines is 2. The van der Waals surface area contributed by atoms with Gasteiger partial charge in [0.25, 0.3) is 5.91 Å². The summed E-state index contributed by atoms with van der Waals surface area (Å²) in [6, 6.07) is 7.41. The van der Waals surface area contributed by atoms with Crippen LogP contribution in [0.15, 0.2) is 24.3 Å². The van der Waals surface area contributed by atoms with E-state index in [1.807, 2.05) is 31.1 Å². The number of amides is 1. The fourth-order valence-electron chi connectivity index (χ4n) is 1.13. The Labute approximate surface area is 95.9 Å². The molecule has 16 heavy (non-hydrogen) atoms. The van der Waals surface area contributed by atoms with Crippen LogP contribution in [0.3, 0.4) is 0 Å². The number of nitrogens with one attached hydrogen (secondary N) is 1. The monoisotopic (exact) mass is 222 g/mol. The topological polar surface area (TPSA) is 52.6 Å². The molecule has 0 heterocycles. The molecule has 4 nitrogen and oxygen atoms in total. The first-order valence-electron chi connectivity index (χ1n) is 5.12. The minimum absolute atomic E-state index is 0.412. The van der Waals surface area contributed by atoms with Gasteiger partial charge in [0.1, 0.15) is 5.60 Å². The quantitative estimate of drug-likeness (QED) is 0.814. The fraction of sp³-hybridized carbons (Fsp3) is 0.417. The Morgan fingerprint density at radius 1 is 1.25 bits per heavy atom. The van der Waals surface area contributed by atoms with Crippen molar-refractivity contribution in [3.63, 3.8) is 0 Å². The van der Waals surface area contributed by atoms with Gasteiger partial charge in [0, 0.05) is 25.5 Å². The number of hydrogen-bond acceptors (Lipinski definition) is 3. The zero-order valence-electron chi connectivity index (χ0n) is 10.1.